The number of hydrogen-bond donors (Lipinski definition) is 1. The van der Waals surface area contributed by atoms with E-state index in [9.17, 15) is 31.5 Å². The summed E-state index contributed by atoms with van der Waals surface area (Å²) < 4.78 is 65.3. The maximum atomic E-state index is 13.3. The van der Waals surface area contributed by atoms with Crippen LogP contribution in [0.2, 0.25) is 0 Å². The average Bonchev–Trinajstić information content (AvgIpc) is 2.66. The van der Waals surface area contributed by atoms with E-state index in [2.05, 4.69) is 5.32 Å². The van der Waals surface area contributed by atoms with Crippen LogP contribution in [0, 0.1) is 11.6 Å². The molecule has 150 valence electrons. The van der Waals surface area contributed by atoms with Gasteiger partial charge in [0.2, 0.25) is 0 Å². The van der Waals surface area contributed by atoms with Crippen LogP contribution < -0.4 is 10.9 Å². The van der Waals surface area contributed by atoms with Crippen molar-refractivity contribution < 1.29 is 26.7 Å². The van der Waals surface area contributed by atoms with E-state index in [-0.39, 0.29) is 17.8 Å². The van der Waals surface area contributed by atoms with E-state index < -0.39 is 34.8 Å². The molecule has 4 nitrogen and oxygen atoms in total. The van der Waals surface area contributed by atoms with Gasteiger partial charge in [-0.3, -0.25) is 9.59 Å². The number of rotatable bonds is 4. The first-order chi connectivity index (χ1) is 13.6. The molecule has 3 rings (SSSR count). The Morgan fingerprint density at radius 3 is 2.28 bits per heavy atom. The molecule has 0 bridgehead atoms. The highest BCUT2D eigenvalue weighted by atomic mass is 19.4. The SMILES string of the molecule is O=C(Nc1ccc(F)c(F)c1)c1cccn(Cc2ccc(C(F)(F)F)cc2)c1=O. The topological polar surface area (TPSA) is 51.1 Å². The lowest BCUT2D eigenvalue weighted by Crippen LogP contribution is -2.29. The molecule has 0 aliphatic heterocycles. The van der Waals surface area contributed by atoms with E-state index in [0.29, 0.717) is 5.56 Å². The maximum Gasteiger partial charge on any atom is 0.416 e. The van der Waals surface area contributed by atoms with Crippen LogP contribution in [0.4, 0.5) is 27.6 Å². The molecule has 9 heteroatoms. The summed E-state index contributed by atoms with van der Waals surface area (Å²) in [6.07, 6.45) is -3.08. The van der Waals surface area contributed by atoms with E-state index in [4.69, 9.17) is 0 Å². The summed E-state index contributed by atoms with van der Waals surface area (Å²) in [4.78, 5) is 24.9. The van der Waals surface area contributed by atoms with Crippen molar-refractivity contribution in [3.63, 3.8) is 0 Å². The van der Waals surface area contributed by atoms with E-state index >= 15 is 0 Å². The molecule has 1 N–H and O–H groups in total. The van der Waals surface area contributed by atoms with Crippen molar-refractivity contribution >= 4 is 11.6 Å². The van der Waals surface area contributed by atoms with E-state index in [0.717, 1.165) is 34.9 Å². The van der Waals surface area contributed by atoms with Crippen LogP contribution in [0.25, 0.3) is 0 Å². The van der Waals surface area contributed by atoms with Gasteiger partial charge < -0.3 is 9.88 Å². The zero-order valence-corrected chi connectivity index (χ0v) is 14.6. The molecule has 0 saturated heterocycles. The van der Waals surface area contributed by atoms with Crippen LogP contribution in [0.15, 0.2) is 65.6 Å². The van der Waals surface area contributed by atoms with Gasteiger partial charge in [0.1, 0.15) is 5.56 Å². The Morgan fingerprint density at radius 1 is 0.966 bits per heavy atom. The van der Waals surface area contributed by atoms with Crippen LogP contribution >= 0.6 is 0 Å². The monoisotopic (exact) mass is 408 g/mol. The van der Waals surface area contributed by atoms with Crippen molar-refractivity contribution in [2.24, 2.45) is 0 Å². The normalized spacial score (nSPS) is 11.3. The molecule has 29 heavy (non-hydrogen) atoms. The van der Waals surface area contributed by atoms with Gasteiger partial charge in [0, 0.05) is 18.0 Å². The Kier molecular flexibility index (Phi) is 5.49. The average molecular weight is 408 g/mol. The number of amides is 1. The van der Waals surface area contributed by atoms with Gasteiger partial charge in [-0.15, -0.1) is 0 Å². The van der Waals surface area contributed by atoms with Gasteiger partial charge in [0.05, 0.1) is 12.1 Å². The van der Waals surface area contributed by atoms with Crippen LogP contribution in [0.1, 0.15) is 21.5 Å². The van der Waals surface area contributed by atoms with Gasteiger partial charge in [0.15, 0.2) is 11.6 Å². The fourth-order valence-electron chi connectivity index (χ4n) is 2.60. The summed E-state index contributed by atoms with van der Waals surface area (Å²) in [5.74, 6) is -3.07. The molecular weight excluding hydrogens is 395 g/mol. The molecule has 1 amide bonds. The number of aromatic nitrogens is 1. The number of hydrogen-bond acceptors (Lipinski definition) is 2. The number of carbonyl (C=O) groups is 1. The number of carbonyl (C=O) groups excluding carboxylic acids is 1. The van der Waals surface area contributed by atoms with Gasteiger partial charge in [0.25, 0.3) is 11.5 Å². The number of alkyl halides is 3. The molecular formula is C20H13F5N2O2. The van der Waals surface area contributed by atoms with E-state index in [1.165, 1.54) is 30.5 Å². The third kappa shape index (κ3) is 4.68. The highest BCUT2D eigenvalue weighted by molar-refractivity contribution is 6.03. The second kappa shape index (κ2) is 7.86. The lowest BCUT2D eigenvalue weighted by molar-refractivity contribution is -0.137. The Balaban J connectivity index is 1.81. The predicted molar refractivity (Wildman–Crippen MR) is 95.6 cm³/mol. The molecule has 2 aromatic carbocycles. The second-order valence-electron chi connectivity index (χ2n) is 6.13. The molecule has 0 unspecified atom stereocenters. The second-order valence-corrected chi connectivity index (χ2v) is 6.13. The molecule has 1 aromatic heterocycles. The van der Waals surface area contributed by atoms with Gasteiger partial charge in [-0.25, -0.2) is 8.78 Å². The summed E-state index contributed by atoms with van der Waals surface area (Å²) in [5, 5.41) is 2.30. The molecule has 0 aliphatic rings. The van der Waals surface area contributed by atoms with Gasteiger partial charge >= 0.3 is 6.18 Å². The first kappa shape index (κ1) is 20.2. The number of anilines is 1. The summed E-state index contributed by atoms with van der Waals surface area (Å²) >= 11 is 0. The highest BCUT2D eigenvalue weighted by Gasteiger charge is 2.29. The van der Waals surface area contributed by atoms with Crippen LogP contribution in [0.3, 0.4) is 0 Å². The third-order valence-electron chi connectivity index (χ3n) is 4.08. The number of nitrogens with one attached hydrogen (secondary N) is 1. The molecule has 0 aliphatic carbocycles. The number of benzene rings is 2. The van der Waals surface area contributed by atoms with Crippen molar-refractivity contribution in [3.8, 4) is 0 Å². The van der Waals surface area contributed by atoms with Gasteiger partial charge in [-0.2, -0.15) is 13.2 Å². The molecule has 0 atom stereocenters. The lowest BCUT2D eigenvalue weighted by atomic mass is 10.1. The smallest absolute Gasteiger partial charge is 0.322 e. The zero-order chi connectivity index (χ0) is 21.2. The Hall–Kier alpha value is -3.49. The minimum Gasteiger partial charge on any atom is -0.322 e. The van der Waals surface area contributed by atoms with Gasteiger partial charge in [-0.1, -0.05) is 12.1 Å². The molecule has 0 fully saturated rings. The standard InChI is InChI=1S/C20H13F5N2O2/c21-16-8-7-14(10-17(16)22)26-18(28)15-2-1-9-27(19(15)29)11-12-3-5-13(6-4-12)20(23,24)25/h1-10H,11H2,(H,26,28). The van der Waals surface area contributed by atoms with Crippen LogP contribution in [-0.4, -0.2) is 10.5 Å². The predicted octanol–water partition coefficient (Wildman–Crippen LogP) is 4.45. The molecule has 3 aromatic rings. The number of nitrogens with zero attached hydrogens (tertiary/aromatic N) is 1. The van der Waals surface area contributed by atoms with Crippen molar-refractivity contribution in [1.29, 1.82) is 0 Å². The highest BCUT2D eigenvalue weighted by Crippen LogP contribution is 2.29. The third-order valence-corrected chi connectivity index (χ3v) is 4.08. The summed E-state index contributed by atoms with van der Waals surface area (Å²) in [5.41, 5.74) is -1.37. The minimum atomic E-state index is -4.47. The van der Waals surface area contributed by atoms with E-state index in [1.807, 2.05) is 0 Å². The summed E-state index contributed by atoms with van der Waals surface area (Å²) in [7, 11) is 0. The Labute approximate surface area is 161 Å². The largest absolute Gasteiger partial charge is 0.416 e. The minimum absolute atomic E-state index is 0.0357. The summed E-state index contributed by atoms with van der Waals surface area (Å²) in [6, 6.07) is 9.70. The fraction of sp³-hybridized carbons (Fsp3) is 0.100. The molecule has 0 radical (unpaired) electrons. The maximum absolute atomic E-state index is 13.3. The first-order valence-corrected chi connectivity index (χ1v) is 8.27. The first-order valence-electron chi connectivity index (χ1n) is 8.27. The van der Waals surface area contributed by atoms with E-state index in [1.54, 1.807) is 0 Å². The fourth-order valence-corrected chi connectivity index (χ4v) is 2.60. The van der Waals surface area contributed by atoms with Crippen molar-refractivity contribution in [2.45, 2.75) is 12.7 Å². The van der Waals surface area contributed by atoms with Crippen molar-refractivity contribution in [2.75, 3.05) is 5.32 Å². The number of halogens is 5. The molecule has 0 spiro atoms. The van der Waals surface area contributed by atoms with Crippen LogP contribution in [-0.2, 0) is 12.7 Å². The van der Waals surface area contributed by atoms with Crippen molar-refractivity contribution in [3.05, 3.63) is 99.5 Å². The zero-order valence-electron chi connectivity index (χ0n) is 14.6. The van der Waals surface area contributed by atoms with Crippen molar-refractivity contribution in [1.82, 2.24) is 4.57 Å². The van der Waals surface area contributed by atoms with Gasteiger partial charge in [-0.05, 0) is 42.0 Å². The Morgan fingerprint density at radius 2 is 1.66 bits per heavy atom. The lowest BCUT2D eigenvalue weighted by Gasteiger charge is -2.11. The summed E-state index contributed by atoms with van der Waals surface area (Å²) in [6.45, 7) is -0.0523. The quantitative estimate of drug-likeness (QED) is 0.649. The molecule has 1 heterocycles. The Bertz CT molecular complexity index is 1110. The molecule has 0 saturated carbocycles. The van der Waals surface area contributed by atoms with Crippen LogP contribution in [0.5, 0.6) is 0 Å². The number of pyridine rings is 1.